The molecule has 0 saturated heterocycles. The van der Waals surface area contributed by atoms with Crippen LogP contribution in [0.3, 0.4) is 0 Å². The average molecular weight is 286 g/mol. The molecule has 5 nitrogen and oxygen atoms in total. The standard InChI is InChI=1S/C15H30N2O3/c1-6-11(4)14(16)15(19)17(10-13(18)20-5)9-12(7-2)8-3/h11-12,14H,6-10,16H2,1-5H3/t11-,14-/m0/s1. The Morgan fingerprint density at radius 1 is 1.15 bits per heavy atom. The van der Waals surface area contributed by atoms with Crippen molar-refractivity contribution < 1.29 is 14.3 Å². The van der Waals surface area contributed by atoms with Crippen LogP contribution in [0.5, 0.6) is 0 Å². The van der Waals surface area contributed by atoms with Gasteiger partial charge in [0.25, 0.3) is 0 Å². The van der Waals surface area contributed by atoms with E-state index in [0.29, 0.717) is 12.5 Å². The van der Waals surface area contributed by atoms with Gasteiger partial charge in [0.1, 0.15) is 6.54 Å². The smallest absolute Gasteiger partial charge is 0.325 e. The molecule has 0 heterocycles. The van der Waals surface area contributed by atoms with Gasteiger partial charge in [-0.05, 0) is 11.8 Å². The maximum absolute atomic E-state index is 12.5. The van der Waals surface area contributed by atoms with E-state index in [1.54, 1.807) is 4.90 Å². The zero-order valence-electron chi connectivity index (χ0n) is 13.5. The molecule has 0 aromatic rings. The molecule has 0 fully saturated rings. The summed E-state index contributed by atoms with van der Waals surface area (Å²) in [5, 5.41) is 0. The summed E-state index contributed by atoms with van der Waals surface area (Å²) in [6, 6.07) is -0.556. The maximum Gasteiger partial charge on any atom is 0.325 e. The Hall–Kier alpha value is -1.10. The third-order valence-corrected chi connectivity index (χ3v) is 4.03. The van der Waals surface area contributed by atoms with E-state index in [1.165, 1.54) is 7.11 Å². The highest BCUT2D eigenvalue weighted by molar-refractivity contribution is 5.85. The molecule has 1 amide bonds. The number of rotatable bonds is 9. The molecule has 2 atom stereocenters. The molecule has 20 heavy (non-hydrogen) atoms. The zero-order chi connectivity index (χ0) is 15.7. The predicted octanol–water partition coefficient (Wildman–Crippen LogP) is 1.80. The number of amides is 1. The Labute approximate surface area is 122 Å². The van der Waals surface area contributed by atoms with E-state index in [4.69, 9.17) is 5.73 Å². The van der Waals surface area contributed by atoms with Gasteiger partial charge < -0.3 is 15.4 Å². The molecule has 0 aromatic heterocycles. The van der Waals surface area contributed by atoms with Gasteiger partial charge in [-0.25, -0.2) is 0 Å². The van der Waals surface area contributed by atoms with Crippen molar-refractivity contribution in [1.82, 2.24) is 4.90 Å². The van der Waals surface area contributed by atoms with Crippen LogP contribution in [-0.2, 0) is 14.3 Å². The molecule has 0 rings (SSSR count). The molecule has 0 unspecified atom stereocenters. The lowest BCUT2D eigenvalue weighted by Gasteiger charge is -2.29. The topological polar surface area (TPSA) is 72.6 Å². The van der Waals surface area contributed by atoms with Crippen molar-refractivity contribution in [2.75, 3.05) is 20.2 Å². The van der Waals surface area contributed by atoms with E-state index in [0.717, 1.165) is 19.3 Å². The first-order chi connectivity index (χ1) is 9.40. The van der Waals surface area contributed by atoms with E-state index < -0.39 is 12.0 Å². The van der Waals surface area contributed by atoms with Crippen LogP contribution in [-0.4, -0.2) is 43.0 Å². The average Bonchev–Trinajstić information content (AvgIpc) is 2.48. The highest BCUT2D eigenvalue weighted by Crippen LogP contribution is 2.14. The SMILES string of the molecule is CCC(CC)CN(CC(=O)OC)C(=O)[C@@H](N)[C@@H](C)CC. The number of hydrogen-bond donors (Lipinski definition) is 1. The molecule has 0 aliphatic heterocycles. The molecule has 118 valence electrons. The van der Waals surface area contributed by atoms with Crippen molar-refractivity contribution in [3.8, 4) is 0 Å². The Kier molecular flexibility index (Phi) is 9.21. The first-order valence-corrected chi connectivity index (χ1v) is 7.52. The van der Waals surface area contributed by atoms with Gasteiger partial charge in [0.2, 0.25) is 5.91 Å². The lowest BCUT2D eigenvalue weighted by atomic mass is 9.97. The summed E-state index contributed by atoms with van der Waals surface area (Å²) in [5.41, 5.74) is 6.00. The Morgan fingerprint density at radius 3 is 2.10 bits per heavy atom. The second-order valence-electron chi connectivity index (χ2n) is 5.39. The van der Waals surface area contributed by atoms with E-state index >= 15 is 0 Å². The van der Waals surface area contributed by atoms with Gasteiger partial charge >= 0.3 is 5.97 Å². The van der Waals surface area contributed by atoms with Gasteiger partial charge in [-0.3, -0.25) is 9.59 Å². The summed E-state index contributed by atoms with van der Waals surface area (Å²) in [6.07, 6.45) is 2.78. The maximum atomic E-state index is 12.5. The van der Waals surface area contributed by atoms with Gasteiger partial charge in [-0.1, -0.05) is 47.0 Å². The Bertz CT molecular complexity index is 303. The highest BCUT2D eigenvalue weighted by atomic mass is 16.5. The number of nitrogens with zero attached hydrogens (tertiary/aromatic N) is 1. The van der Waals surface area contributed by atoms with Crippen LogP contribution in [0.15, 0.2) is 0 Å². The number of ether oxygens (including phenoxy) is 1. The number of esters is 1. The fourth-order valence-electron chi connectivity index (χ4n) is 2.02. The quantitative estimate of drug-likeness (QED) is 0.656. The minimum atomic E-state index is -0.556. The second kappa shape index (κ2) is 9.75. The van der Waals surface area contributed by atoms with E-state index in [9.17, 15) is 9.59 Å². The lowest BCUT2D eigenvalue weighted by Crippen LogP contribution is -2.50. The van der Waals surface area contributed by atoms with Crippen LogP contribution in [0.1, 0.15) is 47.0 Å². The summed E-state index contributed by atoms with van der Waals surface area (Å²) in [5.74, 6) is -0.0746. The van der Waals surface area contributed by atoms with Crippen LogP contribution < -0.4 is 5.73 Å². The first-order valence-electron chi connectivity index (χ1n) is 7.52. The van der Waals surface area contributed by atoms with E-state index in [-0.39, 0.29) is 18.4 Å². The number of methoxy groups -OCH3 is 1. The lowest BCUT2D eigenvalue weighted by molar-refractivity contribution is -0.148. The molecule has 0 aliphatic rings. The van der Waals surface area contributed by atoms with Crippen molar-refractivity contribution in [3.63, 3.8) is 0 Å². The Morgan fingerprint density at radius 2 is 1.70 bits per heavy atom. The van der Waals surface area contributed by atoms with Crippen LogP contribution in [0.4, 0.5) is 0 Å². The van der Waals surface area contributed by atoms with Crippen molar-refractivity contribution in [3.05, 3.63) is 0 Å². The molecule has 0 spiro atoms. The zero-order valence-corrected chi connectivity index (χ0v) is 13.5. The van der Waals surface area contributed by atoms with Gasteiger partial charge in [-0.2, -0.15) is 0 Å². The van der Waals surface area contributed by atoms with Gasteiger partial charge in [0, 0.05) is 6.54 Å². The number of hydrogen-bond acceptors (Lipinski definition) is 4. The van der Waals surface area contributed by atoms with Crippen LogP contribution in [0, 0.1) is 11.8 Å². The van der Waals surface area contributed by atoms with E-state index in [2.05, 4.69) is 18.6 Å². The van der Waals surface area contributed by atoms with Gasteiger partial charge in [0.15, 0.2) is 0 Å². The summed E-state index contributed by atoms with van der Waals surface area (Å²) in [4.78, 5) is 25.5. The highest BCUT2D eigenvalue weighted by Gasteiger charge is 2.27. The fourth-order valence-corrected chi connectivity index (χ4v) is 2.02. The normalized spacial score (nSPS) is 13.9. The van der Waals surface area contributed by atoms with Crippen LogP contribution in [0.25, 0.3) is 0 Å². The largest absolute Gasteiger partial charge is 0.468 e. The van der Waals surface area contributed by atoms with Crippen molar-refractivity contribution in [2.24, 2.45) is 17.6 Å². The second-order valence-corrected chi connectivity index (χ2v) is 5.39. The number of nitrogens with two attached hydrogens (primary N) is 1. The Balaban J connectivity index is 4.90. The fraction of sp³-hybridized carbons (Fsp3) is 0.867. The molecule has 0 saturated carbocycles. The number of carbonyl (C=O) groups is 2. The predicted molar refractivity (Wildman–Crippen MR) is 80.1 cm³/mol. The molecule has 0 radical (unpaired) electrons. The molecule has 5 heteroatoms. The summed E-state index contributed by atoms with van der Waals surface area (Å²) in [7, 11) is 1.33. The third-order valence-electron chi connectivity index (χ3n) is 4.03. The molecular formula is C15H30N2O3. The van der Waals surface area contributed by atoms with Crippen molar-refractivity contribution in [2.45, 2.75) is 53.0 Å². The summed E-state index contributed by atoms with van der Waals surface area (Å²) in [6.45, 7) is 8.67. The monoisotopic (exact) mass is 286 g/mol. The molecule has 0 aromatic carbocycles. The van der Waals surface area contributed by atoms with Crippen LogP contribution >= 0.6 is 0 Å². The van der Waals surface area contributed by atoms with E-state index in [1.807, 2.05) is 13.8 Å². The minimum Gasteiger partial charge on any atom is -0.468 e. The van der Waals surface area contributed by atoms with Gasteiger partial charge in [-0.15, -0.1) is 0 Å². The minimum absolute atomic E-state index is 0.0179. The number of carbonyl (C=O) groups excluding carboxylic acids is 2. The van der Waals surface area contributed by atoms with Crippen molar-refractivity contribution >= 4 is 11.9 Å². The molecule has 2 N–H and O–H groups in total. The summed E-state index contributed by atoms with van der Waals surface area (Å²) < 4.78 is 4.67. The third kappa shape index (κ3) is 5.90. The van der Waals surface area contributed by atoms with Gasteiger partial charge in [0.05, 0.1) is 13.2 Å². The molecule has 0 bridgehead atoms. The summed E-state index contributed by atoms with van der Waals surface area (Å²) >= 11 is 0. The molecular weight excluding hydrogens is 256 g/mol. The van der Waals surface area contributed by atoms with Crippen molar-refractivity contribution in [1.29, 1.82) is 0 Å². The first kappa shape index (κ1) is 18.9. The van der Waals surface area contributed by atoms with Crippen LogP contribution in [0.2, 0.25) is 0 Å². The molecule has 0 aliphatic carbocycles.